The molecule has 1 aliphatic rings. The molecule has 8 nitrogen and oxygen atoms in total. The average Bonchev–Trinajstić information content (AvgIpc) is 3.28. The zero-order chi connectivity index (χ0) is 23.8. The second kappa shape index (κ2) is 11.6. The van der Waals surface area contributed by atoms with Crippen LogP contribution in [0.15, 0.2) is 60.9 Å². The van der Waals surface area contributed by atoms with E-state index in [-0.39, 0.29) is 13.2 Å². The first-order valence-electron chi connectivity index (χ1n) is 11.2. The fourth-order valence-electron chi connectivity index (χ4n) is 3.84. The van der Waals surface area contributed by atoms with Crippen LogP contribution >= 0.6 is 11.6 Å². The molecule has 1 aliphatic heterocycles. The van der Waals surface area contributed by atoms with E-state index < -0.39 is 5.60 Å². The first-order valence-corrected chi connectivity index (χ1v) is 11.6. The Morgan fingerprint density at radius 2 is 2.00 bits per heavy atom. The van der Waals surface area contributed by atoms with E-state index in [1.165, 1.54) is 0 Å². The van der Waals surface area contributed by atoms with Crippen molar-refractivity contribution in [1.82, 2.24) is 14.7 Å². The van der Waals surface area contributed by atoms with Gasteiger partial charge >= 0.3 is 0 Å². The summed E-state index contributed by atoms with van der Waals surface area (Å²) in [4.78, 5) is 2.16. The molecule has 2 aromatic carbocycles. The Morgan fingerprint density at radius 3 is 2.76 bits per heavy atom. The van der Waals surface area contributed by atoms with E-state index in [1.807, 2.05) is 35.1 Å². The Hall–Kier alpha value is -2.78. The number of β-amino-alcohol motifs (C(OH)–C–C–N with tert-alkyl or cyclic N) is 1. The van der Waals surface area contributed by atoms with E-state index in [2.05, 4.69) is 10.00 Å². The largest absolute Gasteiger partial charge is 0.493 e. The highest BCUT2D eigenvalue weighted by molar-refractivity contribution is 6.30. The lowest BCUT2D eigenvalue weighted by molar-refractivity contribution is -0.0646. The van der Waals surface area contributed by atoms with Crippen molar-refractivity contribution in [2.24, 2.45) is 0 Å². The van der Waals surface area contributed by atoms with Gasteiger partial charge in [-0.25, -0.2) is 0 Å². The molecule has 0 aliphatic carbocycles. The number of benzene rings is 2. The maximum absolute atomic E-state index is 11.2. The van der Waals surface area contributed by atoms with Gasteiger partial charge in [0, 0.05) is 37.1 Å². The molecule has 34 heavy (non-hydrogen) atoms. The van der Waals surface area contributed by atoms with E-state index in [1.54, 1.807) is 37.6 Å². The summed E-state index contributed by atoms with van der Waals surface area (Å²) in [6.45, 7) is 3.73. The fourth-order valence-corrected chi connectivity index (χ4v) is 3.97. The van der Waals surface area contributed by atoms with Crippen LogP contribution in [0.25, 0.3) is 0 Å². The van der Waals surface area contributed by atoms with E-state index in [9.17, 15) is 5.11 Å². The summed E-state index contributed by atoms with van der Waals surface area (Å²) in [6.07, 6.45) is 3.64. The lowest BCUT2D eigenvalue weighted by Crippen LogP contribution is -2.48. The molecular formula is C25H30ClN3O5. The van der Waals surface area contributed by atoms with Crippen LogP contribution in [0.4, 0.5) is 0 Å². The molecule has 1 fully saturated rings. The van der Waals surface area contributed by atoms with E-state index in [0.717, 1.165) is 5.56 Å². The molecule has 1 unspecified atom stereocenters. The number of rotatable bonds is 10. The van der Waals surface area contributed by atoms with Crippen LogP contribution in [0.1, 0.15) is 5.56 Å². The molecule has 0 saturated carbocycles. The zero-order valence-electron chi connectivity index (χ0n) is 19.2. The molecule has 182 valence electrons. The number of hydrogen-bond acceptors (Lipinski definition) is 7. The number of aliphatic hydroxyl groups is 1. The van der Waals surface area contributed by atoms with Crippen LogP contribution in [-0.4, -0.2) is 72.0 Å². The predicted molar refractivity (Wildman–Crippen MR) is 129 cm³/mol. The van der Waals surface area contributed by atoms with Crippen molar-refractivity contribution in [2.75, 3.05) is 46.6 Å². The molecule has 2 heterocycles. The molecule has 3 aromatic rings. The van der Waals surface area contributed by atoms with Crippen molar-refractivity contribution in [1.29, 1.82) is 0 Å². The summed E-state index contributed by atoms with van der Waals surface area (Å²) in [7, 11) is 1.63. The van der Waals surface area contributed by atoms with Gasteiger partial charge in [-0.05, 0) is 48.0 Å². The number of nitrogens with zero attached hydrogens (tertiary/aromatic N) is 3. The monoisotopic (exact) mass is 487 g/mol. The normalized spacial score (nSPS) is 18.9. The SMILES string of the molecule is COc1ccc(CN2CCOCC(O)(COc3ccc(Cl)cc3)C2)cc1OCCn1cccn1. The van der Waals surface area contributed by atoms with Gasteiger partial charge in [0.1, 0.15) is 24.6 Å². The summed E-state index contributed by atoms with van der Waals surface area (Å²) >= 11 is 5.93. The standard InChI is InChI=1S/C25H30ClN3O5/c1-31-23-8-3-20(15-24(23)33-14-12-29-10-2-9-27-29)16-28-11-13-32-18-25(30,17-28)19-34-22-6-4-21(26)5-7-22/h2-10,15,30H,11-14,16-19H2,1H3. The van der Waals surface area contributed by atoms with Gasteiger partial charge in [-0.2, -0.15) is 5.10 Å². The number of halogens is 1. The van der Waals surface area contributed by atoms with Crippen LogP contribution < -0.4 is 14.2 Å². The smallest absolute Gasteiger partial charge is 0.161 e. The topological polar surface area (TPSA) is 78.2 Å². The van der Waals surface area contributed by atoms with Crippen LogP contribution in [0.2, 0.25) is 5.02 Å². The average molecular weight is 488 g/mol. The number of aromatic nitrogens is 2. The molecule has 1 saturated heterocycles. The van der Waals surface area contributed by atoms with Crippen molar-refractivity contribution >= 4 is 11.6 Å². The fraction of sp³-hybridized carbons (Fsp3) is 0.400. The minimum absolute atomic E-state index is 0.121. The third-order valence-electron chi connectivity index (χ3n) is 5.53. The molecule has 0 spiro atoms. The van der Waals surface area contributed by atoms with E-state index in [0.29, 0.717) is 61.7 Å². The van der Waals surface area contributed by atoms with Gasteiger partial charge in [-0.1, -0.05) is 17.7 Å². The molecule has 1 aromatic heterocycles. The summed E-state index contributed by atoms with van der Waals surface area (Å²) in [5.41, 5.74) is -0.0798. The molecule has 1 N–H and O–H groups in total. The minimum Gasteiger partial charge on any atom is -0.493 e. The van der Waals surface area contributed by atoms with Crippen molar-refractivity contribution in [3.63, 3.8) is 0 Å². The summed E-state index contributed by atoms with van der Waals surface area (Å²) in [6, 6.07) is 14.9. The quantitative estimate of drug-likeness (QED) is 0.470. The molecule has 4 rings (SSSR count). The zero-order valence-corrected chi connectivity index (χ0v) is 20.0. The Kier molecular flexibility index (Phi) is 8.29. The van der Waals surface area contributed by atoms with Gasteiger partial charge in [0.15, 0.2) is 11.5 Å². The Labute approximate surface area is 204 Å². The van der Waals surface area contributed by atoms with Crippen LogP contribution in [0, 0.1) is 0 Å². The summed E-state index contributed by atoms with van der Waals surface area (Å²) < 4.78 is 24.8. The van der Waals surface area contributed by atoms with Crippen LogP contribution in [0.5, 0.6) is 17.2 Å². The second-order valence-electron chi connectivity index (χ2n) is 8.33. The lowest BCUT2D eigenvalue weighted by atomic mass is 10.1. The van der Waals surface area contributed by atoms with E-state index in [4.69, 9.17) is 30.5 Å². The number of methoxy groups -OCH3 is 1. The molecule has 1 atom stereocenters. The highest BCUT2D eigenvalue weighted by atomic mass is 35.5. The molecule has 0 bridgehead atoms. The van der Waals surface area contributed by atoms with Gasteiger partial charge in [-0.15, -0.1) is 0 Å². The van der Waals surface area contributed by atoms with Crippen LogP contribution in [-0.2, 0) is 17.8 Å². The van der Waals surface area contributed by atoms with Gasteiger partial charge < -0.3 is 24.1 Å². The highest BCUT2D eigenvalue weighted by Gasteiger charge is 2.33. The lowest BCUT2D eigenvalue weighted by Gasteiger charge is -2.30. The van der Waals surface area contributed by atoms with Crippen LogP contribution in [0.3, 0.4) is 0 Å². The third-order valence-corrected chi connectivity index (χ3v) is 5.78. The van der Waals surface area contributed by atoms with Crippen molar-refractivity contribution in [2.45, 2.75) is 18.7 Å². The molecule has 0 radical (unpaired) electrons. The second-order valence-corrected chi connectivity index (χ2v) is 8.77. The number of ether oxygens (including phenoxy) is 4. The molecule has 9 heteroatoms. The summed E-state index contributed by atoms with van der Waals surface area (Å²) in [5, 5.41) is 16.0. The van der Waals surface area contributed by atoms with Gasteiger partial charge in [0.25, 0.3) is 0 Å². The van der Waals surface area contributed by atoms with Crippen molar-refractivity contribution < 1.29 is 24.1 Å². The maximum Gasteiger partial charge on any atom is 0.161 e. The predicted octanol–water partition coefficient (Wildman–Crippen LogP) is 3.27. The maximum atomic E-state index is 11.2. The Bertz CT molecular complexity index is 1030. The van der Waals surface area contributed by atoms with Gasteiger partial charge in [0.2, 0.25) is 0 Å². The van der Waals surface area contributed by atoms with Gasteiger partial charge in [-0.3, -0.25) is 9.58 Å². The van der Waals surface area contributed by atoms with E-state index >= 15 is 0 Å². The highest BCUT2D eigenvalue weighted by Crippen LogP contribution is 2.29. The molecular weight excluding hydrogens is 458 g/mol. The minimum atomic E-state index is -1.13. The Balaban J connectivity index is 1.37. The van der Waals surface area contributed by atoms with Crippen molar-refractivity contribution in [3.8, 4) is 17.2 Å². The molecule has 0 amide bonds. The Morgan fingerprint density at radius 1 is 1.15 bits per heavy atom. The summed E-state index contributed by atoms with van der Waals surface area (Å²) in [5.74, 6) is 2.01. The first-order chi connectivity index (χ1) is 16.5. The first kappa shape index (κ1) is 24.3. The third kappa shape index (κ3) is 6.87. The number of hydrogen-bond donors (Lipinski definition) is 1. The van der Waals surface area contributed by atoms with Gasteiger partial charge in [0.05, 0.1) is 26.9 Å². The van der Waals surface area contributed by atoms with Crippen molar-refractivity contribution in [3.05, 3.63) is 71.5 Å².